The van der Waals surface area contributed by atoms with E-state index >= 15 is 0 Å². The molecule has 8 heteroatoms. The van der Waals surface area contributed by atoms with E-state index in [9.17, 15) is 14.7 Å². The number of piperidine rings is 2. The molecule has 1 aromatic rings. The lowest BCUT2D eigenvalue weighted by Gasteiger charge is -2.40. The second kappa shape index (κ2) is 7.59. The molecule has 3 heterocycles. The van der Waals surface area contributed by atoms with Gasteiger partial charge < -0.3 is 25.2 Å². The molecule has 0 bridgehead atoms. The predicted octanol–water partition coefficient (Wildman–Crippen LogP) is 0.632. The first-order valence-electron chi connectivity index (χ1n) is 9.98. The van der Waals surface area contributed by atoms with Gasteiger partial charge in [0.25, 0.3) is 5.91 Å². The van der Waals surface area contributed by atoms with Gasteiger partial charge in [-0.05, 0) is 39.0 Å². The van der Waals surface area contributed by atoms with Gasteiger partial charge in [-0.1, -0.05) is 5.16 Å². The van der Waals surface area contributed by atoms with Crippen molar-refractivity contribution in [3.63, 3.8) is 0 Å². The van der Waals surface area contributed by atoms with Crippen LogP contribution in [0.3, 0.4) is 0 Å². The van der Waals surface area contributed by atoms with E-state index in [1.807, 2.05) is 11.8 Å². The molecule has 3 N–H and O–H groups in total. The molecule has 4 rings (SSSR count). The van der Waals surface area contributed by atoms with E-state index in [2.05, 4.69) is 15.8 Å². The van der Waals surface area contributed by atoms with Gasteiger partial charge in [-0.25, -0.2) is 0 Å². The van der Waals surface area contributed by atoms with Crippen molar-refractivity contribution in [2.75, 3.05) is 19.6 Å². The molecular weight excluding hydrogens is 348 g/mol. The maximum absolute atomic E-state index is 12.8. The van der Waals surface area contributed by atoms with Crippen LogP contribution in [0.25, 0.3) is 0 Å². The van der Waals surface area contributed by atoms with Crippen LogP contribution in [0.15, 0.2) is 10.6 Å². The molecule has 1 aliphatic carbocycles. The van der Waals surface area contributed by atoms with E-state index in [4.69, 9.17) is 4.52 Å². The molecule has 0 aromatic carbocycles. The number of hydrogen-bond acceptors (Lipinski definition) is 6. The van der Waals surface area contributed by atoms with Crippen LogP contribution in [-0.4, -0.2) is 64.8 Å². The lowest BCUT2D eigenvalue weighted by atomic mass is 9.92. The van der Waals surface area contributed by atoms with E-state index in [0.717, 1.165) is 25.0 Å². The molecule has 4 atom stereocenters. The molecule has 1 aromatic heterocycles. The highest BCUT2D eigenvalue weighted by atomic mass is 16.5. The van der Waals surface area contributed by atoms with Gasteiger partial charge >= 0.3 is 0 Å². The molecule has 2 saturated heterocycles. The van der Waals surface area contributed by atoms with Gasteiger partial charge in [0.05, 0.1) is 12.0 Å². The fourth-order valence-electron chi connectivity index (χ4n) is 4.19. The summed E-state index contributed by atoms with van der Waals surface area (Å²) in [6.07, 6.45) is 3.71. The van der Waals surface area contributed by atoms with Crippen molar-refractivity contribution in [1.82, 2.24) is 20.7 Å². The Morgan fingerprint density at radius 3 is 2.81 bits per heavy atom. The van der Waals surface area contributed by atoms with Gasteiger partial charge in [-0.15, -0.1) is 0 Å². The predicted molar refractivity (Wildman–Crippen MR) is 97.1 cm³/mol. The zero-order chi connectivity index (χ0) is 19.0. The number of carbonyl (C=O) groups is 2. The Bertz CT molecular complexity index is 702. The number of amides is 2. The number of aliphatic hydroxyl groups is 1. The molecule has 1 saturated carbocycles. The van der Waals surface area contributed by atoms with Gasteiger partial charge in [-0.2, -0.15) is 0 Å². The van der Waals surface area contributed by atoms with Crippen LogP contribution < -0.4 is 10.6 Å². The summed E-state index contributed by atoms with van der Waals surface area (Å²) < 4.78 is 5.25. The third kappa shape index (κ3) is 4.16. The number of nitrogens with zero attached hydrogens (tertiary/aromatic N) is 2. The monoisotopic (exact) mass is 376 g/mol. The third-order valence-electron chi connectivity index (χ3n) is 5.91. The number of hydrogen-bond donors (Lipinski definition) is 3. The minimum absolute atomic E-state index is 0.0210. The van der Waals surface area contributed by atoms with Gasteiger partial charge in [0, 0.05) is 43.7 Å². The fraction of sp³-hybridized carbons (Fsp3) is 0.737. The van der Waals surface area contributed by atoms with Crippen LogP contribution in [0.4, 0.5) is 0 Å². The number of rotatable bonds is 4. The first-order chi connectivity index (χ1) is 13.0. The molecule has 2 aliphatic heterocycles. The lowest BCUT2D eigenvalue weighted by molar-refractivity contribution is -0.140. The Morgan fingerprint density at radius 1 is 1.30 bits per heavy atom. The van der Waals surface area contributed by atoms with Crippen LogP contribution in [0.5, 0.6) is 0 Å². The van der Waals surface area contributed by atoms with Gasteiger partial charge in [0.15, 0.2) is 5.69 Å². The van der Waals surface area contributed by atoms with Crippen molar-refractivity contribution in [2.24, 2.45) is 5.92 Å². The topological polar surface area (TPSA) is 108 Å². The molecule has 4 unspecified atom stereocenters. The highest BCUT2D eigenvalue weighted by Gasteiger charge is 2.35. The summed E-state index contributed by atoms with van der Waals surface area (Å²) in [6, 6.07) is 1.82. The smallest absolute Gasteiger partial charge is 0.273 e. The number of likely N-dealkylation sites (tertiary alicyclic amines) is 1. The van der Waals surface area contributed by atoms with Crippen LogP contribution in [0, 0.1) is 5.92 Å². The summed E-state index contributed by atoms with van der Waals surface area (Å²) in [7, 11) is 0. The summed E-state index contributed by atoms with van der Waals surface area (Å²) in [5.41, 5.74) is 0.338. The Kier molecular flexibility index (Phi) is 5.19. The summed E-state index contributed by atoms with van der Waals surface area (Å²) in [6.45, 7) is 3.81. The maximum atomic E-state index is 12.8. The van der Waals surface area contributed by atoms with Crippen molar-refractivity contribution < 1.29 is 19.2 Å². The SMILES string of the molecule is CC1CC(NC(=O)c2cc(C3CC3)on2)CCN1C(=O)C1CNCC(O)C1. The summed E-state index contributed by atoms with van der Waals surface area (Å²) in [5.74, 6) is 0.961. The van der Waals surface area contributed by atoms with Crippen LogP contribution in [0.1, 0.15) is 61.2 Å². The van der Waals surface area contributed by atoms with E-state index in [-0.39, 0.29) is 29.8 Å². The van der Waals surface area contributed by atoms with Gasteiger partial charge in [0.1, 0.15) is 5.76 Å². The Labute approximate surface area is 158 Å². The Balaban J connectivity index is 1.30. The number of nitrogens with one attached hydrogen (secondary N) is 2. The van der Waals surface area contributed by atoms with Crippen molar-refractivity contribution in [3.05, 3.63) is 17.5 Å². The molecule has 148 valence electrons. The molecule has 2 amide bonds. The zero-order valence-corrected chi connectivity index (χ0v) is 15.7. The number of carbonyl (C=O) groups excluding carboxylic acids is 2. The van der Waals surface area contributed by atoms with Crippen molar-refractivity contribution in [3.8, 4) is 0 Å². The highest BCUT2D eigenvalue weighted by molar-refractivity contribution is 5.92. The summed E-state index contributed by atoms with van der Waals surface area (Å²) >= 11 is 0. The van der Waals surface area contributed by atoms with Crippen molar-refractivity contribution in [1.29, 1.82) is 0 Å². The normalized spacial score (nSPS) is 31.6. The highest BCUT2D eigenvalue weighted by Crippen LogP contribution is 2.40. The minimum atomic E-state index is -0.456. The molecule has 3 fully saturated rings. The van der Waals surface area contributed by atoms with Crippen LogP contribution >= 0.6 is 0 Å². The van der Waals surface area contributed by atoms with Gasteiger partial charge in [-0.3, -0.25) is 9.59 Å². The largest absolute Gasteiger partial charge is 0.392 e. The summed E-state index contributed by atoms with van der Waals surface area (Å²) in [5, 5.41) is 19.8. The van der Waals surface area contributed by atoms with Crippen LogP contribution in [-0.2, 0) is 4.79 Å². The molecule has 0 spiro atoms. The number of β-amino-alcohol motifs (C(OH)–C–C–N with tert-alkyl or cyclic N) is 1. The van der Waals surface area contributed by atoms with Gasteiger partial charge in [0.2, 0.25) is 5.91 Å². The second-order valence-electron chi connectivity index (χ2n) is 8.21. The zero-order valence-electron chi connectivity index (χ0n) is 15.7. The molecule has 0 radical (unpaired) electrons. The van der Waals surface area contributed by atoms with E-state index in [1.165, 1.54) is 0 Å². The lowest BCUT2D eigenvalue weighted by Crippen LogP contribution is -2.54. The fourth-order valence-corrected chi connectivity index (χ4v) is 4.19. The Morgan fingerprint density at radius 2 is 2.11 bits per heavy atom. The average molecular weight is 376 g/mol. The van der Waals surface area contributed by atoms with E-state index < -0.39 is 6.10 Å². The maximum Gasteiger partial charge on any atom is 0.273 e. The third-order valence-corrected chi connectivity index (χ3v) is 5.91. The second-order valence-corrected chi connectivity index (χ2v) is 8.21. The van der Waals surface area contributed by atoms with E-state index in [0.29, 0.717) is 44.1 Å². The van der Waals surface area contributed by atoms with Crippen molar-refractivity contribution >= 4 is 11.8 Å². The average Bonchev–Trinajstić information content (AvgIpc) is 3.38. The first kappa shape index (κ1) is 18.4. The summed E-state index contributed by atoms with van der Waals surface area (Å²) in [4.78, 5) is 27.1. The molecule has 8 nitrogen and oxygen atoms in total. The molecule has 27 heavy (non-hydrogen) atoms. The quantitative estimate of drug-likeness (QED) is 0.711. The number of aromatic nitrogens is 1. The Hall–Kier alpha value is -1.93. The molecule has 3 aliphatic rings. The number of aliphatic hydroxyl groups excluding tert-OH is 1. The van der Waals surface area contributed by atoms with Crippen molar-refractivity contribution in [2.45, 2.75) is 63.1 Å². The minimum Gasteiger partial charge on any atom is -0.392 e. The first-order valence-corrected chi connectivity index (χ1v) is 9.98. The molecular formula is C19H28N4O4. The van der Waals surface area contributed by atoms with Crippen LogP contribution in [0.2, 0.25) is 0 Å². The van der Waals surface area contributed by atoms with E-state index in [1.54, 1.807) is 6.07 Å². The standard InChI is InChI=1S/C19H28N4O4/c1-11-6-14(21-18(25)16-8-17(27-22-16)12-2-3-12)4-5-23(11)19(26)13-7-15(24)10-20-9-13/h8,11-15,20,24H,2-7,9-10H2,1H3,(H,21,25).